The Kier molecular flexibility index (Phi) is 7.63. The average molecular weight is 615 g/mol. The number of nitrogens with zero attached hydrogens (tertiary/aromatic N) is 3. The van der Waals surface area contributed by atoms with Gasteiger partial charge in [0, 0.05) is 23.4 Å². The Bertz CT molecular complexity index is 2170. The van der Waals surface area contributed by atoms with Crippen molar-refractivity contribution >= 4 is 45.9 Å². The van der Waals surface area contributed by atoms with E-state index in [-0.39, 0.29) is 23.3 Å². The summed E-state index contributed by atoms with van der Waals surface area (Å²) in [6, 6.07) is 15.6. The van der Waals surface area contributed by atoms with Gasteiger partial charge in [-0.15, -0.1) is 0 Å². The molecule has 1 atom stereocenters. The van der Waals surface area contributed by atoms with Gasteiger partial charge in [0.15, 0.2) is 15.1 Å². The monoisotopic (exact) mass is 614 g/mol. The first kappa shape index (κ1) is 28.4. The Morgan fingerprint density at radius 3 is 2.74 bits per heavy atom. The molecule has 1 aliphatic heterocycles. The van der Waals surface area contributed by atoms with Crippen molar-refractivity contribution in [3.8, 4) is 5.75 Å². The largest absolute Gasteiger partial charge is 0.496 e. The summed E-state index contributed by atoms with van der Waals surface area (Å²) >= 11 is 2.36. The first-order chi connectivity index (χ1) is 20.8. The molecule has 1 aliphatic rings. The van der Waals surface area contributed by atoms with E-state index in [1.807, 2.05) is 36.4 Å². The number of aryl methyl sites for hydroxylation is 1. The number of H-pyrrole nitrogens is 1. The van der Waals surface area contributed by atoms with Crippen LogP contribution in [-0.2, 0) is 9.53 Å². The third-order valence-electron chi connectivity index (χ3n) is 6.86. The number of aromatic amines is 1. The van der Waals surface area contributed by atoms with Crippen LogP contribution in [0.25, 0.3) is 16.8 Å². The predicted octanol–water partition coefficient (Wildman–Crippen LogP) is 4.10. The summed E-state index contributed by atoms with van der Waals surface area (Å²) in [6.07, 6.45) is 1.64. The molecule has 43 heavy (non-hydrogen) atoms. The van der Waals surface area contributed by atoms with E-state index >= 15 is 0 Å². The normalized spacial score (nSPS) is 15.0. The quantitative estimate of drug-likeness (QED) is 0.214. The van der Waals surface area contributed by atoms with E-state index in [0.29, 0.717) is 48.0 Å². The third-order valence-corrected chi connectivity index (χ3v) is 8.65. The van der Waals surface area contributed by atoms with Gasteiger partial charge in [0.1, 0.15) is 17.6 Å². The molecule has 6 rings (SSSR count). The van der Waals surface area contributed by atoms with Gasteiger partial charge >= 0.3 is 5.97 Å². The van der Waals surface area contributed by atoms with Gasteiger partial charge in [-0.2, -0.15) is 0 Å². The summed E-state index contributed by atoms with van der Waals surface area (Å²) in [7, 11) is 1.56. The molecule has 0 aliphatic carbocycles. The van der Waals surface area contributed by atoms with Crippen LogP contribution in [0.3, 0.4) is 0 Å². The number of ether oxygens (including phenoxy) is 2. The molecule has 12 heteroatoms. The molecule has 218 valence electrons. The van der Waals surface area contributed by atoms with E-state index in [2.05, 4.69) is 15.0 Å². The Hall–Kier alpha value is -4.68. The molecule has 0 saturated heterocycles. The number of benzene rings is 2. The predicted molar refractivity (Wildman–Crippen MR) is 163 cm³/mol. The second kappa shape index (κ2) is 11.5. The average Bonchev–Trinajstić information content (AvgIpc) is 3.54. The maximum Gasteiger partial charge on any atom is 0.338 e. The van der Waals surface area contributed by atoms with Crippen LogP contribution in [-0.4, -0.2) is 34.2 Å². The molecule has 0 saturated carbocycles. The van der Waals surface area contributed by atoms with Crippen LogP contribution in [0.5, 0.6) is 5.75 Å². The van der Waals surface area contributed by atoms with Crippen molar-refractivity contribution in [1.29, 1.82) is 0 Å². The number of carbonyl (C=O) groups excluding carboxylic acids is 1. The van der Waals surface area contributed by atoms with Gasteiger partial charge in [-0.3, -0.25) is 14.2 Å². The van der Waals surface area contributed by atoms with Crippen LogP contribution in [0.15, 0.2) is 95.1 Å². The Balaban J connectivity index is 1.51. The van der Waals surface area contributed by atoms with Crippen molar-refractivity contribution in [2.45, 2.75) is 37.1 Å². The fraction of sp³-hybridized carbons (Fsp3) is 0.194. The second-order valence-electron chi connectivity index (χ2n) is 9.66. The number of allylic oxidation sites excluding steroid dienone is 1. The Labute approximate surface area is 253 Å². The molecule has 0 spiro atoms. The number of esters is 1. The number of fused-ring (bicyclic) bond motifs is 2. The number of furan rings is 1. The SMILES string of the molecule is CCOC(=O)C1=C(C)N=c2s/c(=C/c3ccc(Sc4nc(C)cc(=O)[nH]4)o3)c(=O)n2[C@H]1c1c(OC)ccc2ccccc12. The summed E-state index contributed by atoms with van der Waals surface area (Å²) in [4.78, 5) is 51.4. The molecule has 1 N–H and O–H groups in total. The molecule has 10 nitrogen and oxygen atoms in total. The highest BCUT2D eigenvalue weighted by Crippen LogP contribution is 2.40. The van der Waals surface area contributed by atoms with Crippen molar-refractivity contribution < 1.29 is 18.7 Å². The lowest BCUT2D eigenvalue weighted by molar-refractivity contribution is -0.139. The molecular weight excluding hydrogens is 588 g/mol. The fourth-order valence-corrected chi connectivity index (χ4v) is 6.92. The minimum Gasteiger partial charge on any atom is -0.496 e. The first-order valence-electron chi connectivity index (χ1n) is 13.4. The Morgan fingerprint density at radius 2 is 1.98 bits per heavy atom. The van der Waals surface area contributed by atoms with Gasteiger partial charge in [-0.1, -0.05) is 41.7 Å². The zero-order valence-electron chi connectivity index (χ0n) is 23.7. The number of carbonyl (C=O) groups is 1. The highest BCUT2D eigenvalue weighted by atomic mass is 32.2. The molecule has 0 unspecified atom stereocenters. The Morgan fingerprint density at radius 1 is 1.16 bits per heavy atom. The molecule has 0 radical (unpaired) electrons. The zero-order valence-corrected chi connectivity index (χ0v) is 25.3. The van der Waals surface area contributed by atoms with Gasteiger partial charge in [-0.25, -0.2) is 14.8 Å². The number of hydrogen-bond donors (Lipinski definition) is 1. The molecular formula is C31H26N4O6S2. The van der Waals surface area contributed by atoms with Gasteiger partial charge < -0.3 is 18.9 Å². The summed E-state index contributed by atoms with van der Waals surface area (Å²) in [6.45, 7) is 5.39. The number of rotatable bonds is 7. The summed E-state index contributed by atoms with van der Waals surface area (Å²) in [5, 5.41) is 2.67. The maximum absolute atomic E-state index is 14.1. The number of nitrogens with one attached hydrogen (secondary N) is 1. The number of aromatic nitrogens is 3. The lowest BCUT2D eigenvalue weighted by atomic mass is 9.90. The van der Waals surface area contributed by atoms with Crippen LogP contribution >= 0.6 is 23.1 Å². The molecule has 5 aromatic rings. The van der Waals surface area contributed by atoms with E-state index in [1.54, 1.807) is 46.1 Å². The lowest BCUT2D eigenvalue weighted by Crippen LogP contribution is -2.40. The van der Waals surface area contributed by atoms with Crippen LogP contribution in [0.2, 0.25) is 0 Å². The van der Waals surface area contributed by atoms with Crippen LogP contribution in [0.1, 0.15) is 36.9 Å². The van der Waals surface area contributed by atoms with Crippen molar-refractivity contribution in [3.05, 3.63) is 113 Å². The summed E-state index contributed by atoms with van der Waals surface area (Å²) < 4.78 is 19.1. The third kappa shape index (κ3) is 5.35. The maximum atomic E-state index is 14.1. The van der Waals surface area contributed by atoms with Crippen LogP contribution in [0.4, 0.5) is 0 Å². The van der Waals surface area contributed by atoms with Crippen molar-refractivity contribution in [3.63, 3.8) is 0 Å². The molecule has 3 aromatic heterocycles. The van der Waals surface area contributed by atoms with Crippen molar-refractivity contribution in [1.82, 2.24) is 14.5 Å². The zero-order chi connectivity index (χ0) is 30.2. The van der Waals surface area contributed by atoms with Crippen molar-refractivity contribution in [2.24, 2.45) is 4.99 Å². The van der Waals surface area contributed by atoms with Gasteiger partial charge in [-0.05, 0) is 61.5 Å². The standard InChI is InChI=1S/C31H26N4O6S2/c1-5-40-29(38)25-17(3)33-31-35(27(25)26-20-9-7-6-8-18(20)10-12-21(26)39-4)28(37)22(42-31)15-19-11-13-24(41-19)43-30-32-16(2)14-23(36)34-30/h6-15,27H,5H2,1-4H3,(H,32,34,36)/b22-15+/t27-/m1/s1. The van der Waals surface area contributed by atoms with E-state index in [9.17, 15) is 14.4 Å². The summed E-state index contributed by atoms with van der Waals surface area (Å²) in [5.41, 5.74) is 1.40. The van der Waals surface area contributed by atoms with Gasteiger partial charge in [0.05, 0.1) is 29.5 Å². The van der Waals surface area contributed by atoms with E-state index in [1.165, 1.54) is 33.7 Å². The second-order valence-corrected chi connectivity index (χ2v) is 11.7. The molecule has 0 bridgehead atoms. The van der Waals surface area contributed by atoms with Gasteiger partial charge in [0.25, 0.3) is 11.1 Å². The van der Waals surface area contributed by atoms with Crippen LogP contribution in [0, 0.1) is 6.92 Å². The smallest absolute Gasteiger partial charge is 0.338 e. The topological polar surface area (TPSA) is 129 Å². The lowest BCUT2D eigenvalue weighted by Gasteiger charge is -2.27. The molecule has 2 aromatic carbocycles. The van der Waals surface area contributed by atoms with E-state index < -0.39 is 12.0 Å². The van der Waals surface area contributed by atoms with Gasteiger partial charge in [0.2, 0.25) is 0 Å². The highest BCUT2D eigenvalue weighted by molar-refractivity contribution is 7.99. The van der Waals surface area contributed by atoms with E-state index in [4.69, 9.17) is 13.9 Å². The van der Waals surface area contributed by atoms with Crippen LogP contribution < -0.4 is 25.2 Å². The fourth-order valence-electron chi connectivity index (χ4n) is 5.09. The van der Waals surface area contributed by atoms with E-state index in [0.717, 1.165) is 10.8 Å². The summed E-state index contributed by atoms with van der Waals surface area (Å²) in [5.74, 6) is 0.419. The highest BCUT2D eigenvalue weighted by Gasteiger charge is 2.36. The number of methoxy groups -OCH3 is 1. The molecule has 4 heterocycles. The number of thiazole rings is 1. The minimum atomic E-state index is -0.842. The first-order valence-corrected chi connectivity index (χ1v) is 15.0. The number of hydrogen-bond acceptors (Lipinski definition) is 10. The molecule has 0 amide bonds. The molecule has 0 fully saturated rings. The van der Waals surface area contributed by atoms with Crippen molar-refractivity contribution in [2.75, 3.05) is 13.7 Å². The minimum absolute atomic E-state index is 0.171.